The number of benzene rings is 2. The number of hydrogen-bond donors (Lipinski definition) is 2. The molecule has 0 bridgehead atoms. The summed E-state index contributed by atoms with van der Waals surface area (Å²) in [6.45, 7) is 3.95. The minimum absolute atomic E-state index is 0.286. The molecular weight excluding hydrogens is 280 g/mol. The molecule has 0 radical (unpaired) electrons. The van der Waals surface area contributed by atoms with E-state index in [9.17, 15) is 10.2 Å². The monoisotopic (exact) mass is 302 g/mol. The Bertz CT molecular complexity index is 505. The molecule has 0 aliphatic carbocycles. The summed E-state index contributed by atoms with van der Waals surface area (Å²) in [7, 11) is 0. The fourth-order valence-electron chi connectivity index (χ4n) is 1.92. The van der Waals surface area contributed by atoms with Crippen LogP contribution in [-0.4, -0.2) is 35.6 Å². The Kier molecular flexibility index (Phi) is 5.81. The highest BCUT2D eigenvalue weighted by Crippen LogP contribution is 2.24. The SMILES string of the molecule is CC(O)COc1ccc(-c2ccc(OCC(C)O)cc2)cc1. The molecule has 0 saturated heterocycles. The molecular formula is C18H22O4. The third-order valence-corrected chi connectivity index (χ3v) is 3.02. The molecule has 0 aliphatic rings. The van der Waals surface area contributed by atoms with Crippen LogP contribution >= 0.6 is 0 Å². The minimum Gasteiger partial charge on any atom is -0.491 e. The Hall–Kier alpha value is -2.04. The number of aliphatic hydroxyl groups is 2. The Balaban J connectivity index is 1.99. The third kappa shape index (κ3) is 5.06. The second kappa shape index (κ2) is 7.82. The van der Waals surface area contributed by atoms with E-state index in [0.29, 0.717) is 0 Å². The van der Waals surface area contributed by atoms with Gasteiger partial charge in [0, 0.05) is 0 Å². The van der Waals surface area contributed by atoms with Crippen LogP contribution in [0.4, 0.5) is 0 Å². The van der Waals surface area contributed by atoms with Crippen molar-refractivity contribution in [3.8, 4) is 22.6 Å². The largest absolute Gasteiger partial charge is 0.491 e. The fraction of sp³-hybridized carbons (Fsp3) is 0.333. The molecule has 0 spiro atoms. The highest BCUT2D eigenvalue weighted by molar-refractivity contribution is 5.64. The van der Waals surface area contributed by atoms with Crippen molar-refractivity contribution in [1.29, 1.82) is 0 Å². The van der Waals surface area contributed by atoms with Crippen LogP contribution in [0, 0.1) is 0 Å². The maximum Gasteiger partial charge on any atom is 0.119 e. The van der Waals surface area contributed by atoms with Gasteiger partial charge in [0.1, 0.15) is 24.7 Å². The molecule has 0 aromatic heterocycles. The summed E-state index contributed by atoms with van der Waals surface area (Å²) in [4.78, 5) is 0. The van der Waals surface area contributed by atoms with E-state index in [1.54, 1.807) is 13.8 Å². The predicted octanol–water partition coefficient (Wildman–Crippen LogP) is 2.87. The van der Waals surface area contributed by atoms with Crippen LogP contribution < -0.4 is 9.47 Å². The summed E-state index contributed by atoms with van der Waals surface area (Å²) in [5.74, 6) is 1.48. The highest BCUT2D eigenvalue weighted by atomic mass is 16.5. The van der Waals surface area contributed by atoms with Gasteiger partial charge in [0.25, 0.3) is 0 Å². The van der Waals surface area contributed by atoms with Crippen LogP contribution in [0.5, 0.6) is 11.5 Å². The molecule has 0 fully saturated rings. The zero-order valence-corrected chi connectivity index (χ0v) is 12.9. The summed E-state index contributed by atoms with van der Waals surface area (Å²) < 4.78 is 10.9. The highest BCUT2D eigenvalue weighted by Gasteiger charge is 2.02. The normalized spacial score (nSPS) is 13.5. The second-order valence-corrected chi connectivity index (χ2v) is 5.37. The Morgan fingerprint density at radius 3 is 1.27 bits per heavy atom. The molecule has 118 valence electrons. The molecule has 0 aliphatic heterocycles. The second-order valence-electron chi connectivity index (χ2n) is 5.37. The lowest BCUT2D eigenvalue weighted by Crippen LogP contribution is -2.12. The Morgan fingerprint density at radius 2 is 1.00 bits per heavy atom. The molecule has 2 N–H and O–H groups in total. The van der Waals surface area contributed by atoms with E-state index >= 15 is 0 Å². The third-order valence-electron chi connectivity index (χ3n) is 3.02. The van der Waals surface area contributed by atoms with Gasteiger partial charge in [0.2, 0.25) is 0 Å². The molecule has 22 heavy (non-hydrogen) atoms. The smallest absolute Gasteiger partial charge is 0.119 e. The maximum absolute atomic E-state index is 9.20. The van der Waals surface area contributed by atoms with Crippen LogP contribution in [0.25, 0.3) is 11.1 Å². The quantitative estimate of drug-likeness (QED) is 0.825. The van der Waals surface area contributed by atoms with Crippen molar-refractivity contribution in [1.82, 2.24) is 0 Å². The van der Waals surface area contributed by atoms with E-state index in [0.717, 1.165) is 22.6 Å². The predicted molar refractivity (Wildman–Crippen MR) is 86.2 cm³/mol. The maximum atomic E-state index is 9.20. The summed E-state index contributed by atoms with van der Waals surface area (Å²) in [5, 5.41) is 18.4. The number of ether oxygens (including phenoxy) is 2. The topological polar surface area (TPSA) is 58.9 Å². The van der Waals surface area contributed by atoms with E-state index < -0.39 is 12.2 Å². The Morgan fingerprint density at radius 1 is 0.682 bits per heavy atom. The molecule has 0 amide bonds. The van der Waals surface area contributed by atoms with Gasteiger partial charge in [0.15, 0.2) is 0 Å². The van der Waals surface area contributed by atoms with Crippen LogP contribution in [0.3, 0.4) is 0 Å². The fourth-order valence-corrected chi connectivity index (χ4v) is 1.92. The van der Waals surface area contributed by atoms with Crippen molar-refractivity contribution >= 4 is 0 Å². The van der Waals surface area contributed by atoms with E-state index in [1.165, 1.54) is 0 Å². The first-order valence-electron chi connectivity index (χ1n) is 7.37. The van der Waals surface area contributed by atoms with Crippen molar-refractivity contribution in [3.63, 3.8) is 0 Å². The molecule has 2 unspecified atom stereocenters. The number of aliphatic hydroxyl groups excluding tert-OH is 2. The lowest BCUT2D eigenvalue weighted by atomic mass is 10.1. The molecule has 0 heterocycles. The summed E-state index contributed by atoms with van der Waals surface area (Å²) >= 11 is 0. The van der Waals surface area contributed by atoms with Gasteiger partial charge in [0.05, 0.1) is 12.2 Å². The first-order valence-corrected chi connectivity index (χ1v) is 7.37. The van der Waals surface area contributed by atoms with Crippen molar-refractivity contribution < 1.29 is 19.7 Å². The van der Waals surface area contributed by atoms with Gasteiger partial charge in [-0.2, -0.15) is 0 Å². The number of rotatable bonds is 7. The van der Waals surface area contributed by atoms with Crippen molar-refractivity contribution in [2.24, 2.45) is 0 Å². The van der Waals surface area contributed by atoms with Gasteiger partial charge < -0.3 is 19.7 Å². The summed E-state index contributed by atoms with van der Waals surface area (Å²) in [5.41, 5.74) is 2.15. The van der Waals surface area contributed by atoms with E-state index in [4.69, 9.17) is 9.47 Å². The minimum atomic E-state index is -0.478. The lowest BCUT2D eigenvalue weighted by Gasteiger charge is -2.10. The number of hydrogen-bond acceptors (Lipinski definition) is 4. The summed E-state index contributed by atoms with van der Waals surface area (Å²) in [6.07, 6.45) is -0.956. The average molecular weight is 302 g/mol. The van der Waals surface area contributed by atoms with Gasteiger partial charge in [-0.25, -0.2) is 0 Å². The zero-order chi connectivity index (χ0) is 15.9. The van der Waals surface area contributed by atoms with Crippen LogP contribution in [0.1, 0.15) is 13.8 Å². The molecule has 4 heteroatoms. The van der Waals surface area contributed by atoms with Crippen molar-refractivity contribution in [2.75, 3.05) is 13.2 Å². The van der Waals surface area contributed by atoms with E-state index in [1.807, 2.05) is 48.5 Å². The molecule has 2 rings (SSSR count). The van der Waals surface area contributed by atoms with Crippen molar-refractivity contribution in [3.05, 3.63) is 48.5 Å². The molecule has 2 atom stereocenters. The van der Waals surface area contributed by atoms with Gasteiger partial charge in [-0.05, 0) is 49.2 Å². The Labute approximate surface area is 130 Å². The average Bonchev–Trinajstić information content (AvgIpc) is 2.52. The van der Waals surface area contributed by atoms with E-state index in [2.05, 4.69) is 0 Å². The molecule has 4 nitrogen and oxygen atoms in total. The van der Waals surface area contributed by atoms with Gasteiger partial charge in [-0.3, -0.25) is 0 Å². The van der Waals surface area contributed by atoms with Crippen LogP contribution in [0.15, 0.2) is 48.5 Å². The van der Waals surface area contributed by atoms with E-state index in [-0.39, 0.29) is 13.2 Å². The first kappa shape index (κ1) is 16.3. The van der Waals surface area contributed by atoms with Crippen LogP contribution in [0.2, 0.25) is 0 Å². The van der Waals surface area contributed by atoms with Gasteiger partial charge in [-0.15, -0.1) is 0 Å². The van der Waals surface area contributed by atoms with Crippen LogP contribution in [-0.2, 0) is 0 Å². The lowest BCUT2D eigenvalue weighted by molar-refractivity contribution is 0.122. The molecule has 0 saturated carbocycles. The van der Waals surface area contributed by atoms with Gasteiger partial charge in [-0.1, -0.05) is 24.3 Å². The molecule has 2 aromatic rings. The van der Waals surface area contributed by atoms with Gasteiger partial charge >= 0.3 is 0 Å². The molecule has 2 aromatic carbocycles. The zero-order valence-electron chi connectivity index (χ0n) is 12.9. The first-order chi connectivity index (χ1) is 10.5. The standard InChI is InChI=1S/C18H22O4/c1-13(19)11-21-17-7-3-15(4-8-17)16-5-9-18(10-6-16)22-12-14(2)20/h3-10,13-14,19-20H,11-12H2,1-2H3. The summed E-state index contributed by atoms with van der Waals surface area (Å²) in [6, 6.07) is 15.4. The van der Waals surface area contributed by atoms with Crippen molar-refractivity contribution in [2.45, 2.75) is 26.1 Å².